The van der Waals surface area contributed by atoms with Gasteiger partial charge in [-0.3, -0.25) is 0 Å². The highest BCUT2D eigenvalue weighted by Gasteiger charge is 2.25. The zero-order chi connectivity index (χ0) is 29.5. The first-order valence-corrected chi connectivity index (χ1v) is 15.4. The number of para-hydroxylation sites is 1. The third kappa shape index (κ3) is 3.63. The fraction of sp³-hybridized carbons (Fsp3) is 0.0488. The molecule has 3 heterocycles. The Balaban J connectivity index is 1.18. The Kier molecular flexibility index (Phi) is 5.08. The average Bonchev–Trinajstić information content (AvgIpc) is 3.80. The van der Waals surface area contributed by atoms with Crippen LogP contribution in [0.15, 0.2) is 142 Å². The standard InChI is InChI=1S/C41H26N2O2/c1-3-9-25(10-4-1)27-17-20-35-32(23-27)39-36(44-35)21-22-37-40(39)42-41(45-37)28-16-18-33-31(24-28)38-30-14-8-7-11-26(30)15-19-34(38)43(33)29-12-5-2-6-13-29/h1-22,24,27H,23H2. The molecule has 0 saturated carbocycles. The Morgan fingerprint density at radius 1 is 0.644 bits per heavy atom. The fourth-order valence-corrected chi connectivity index (χ4v) is 7.32. The molecule has 1 unspecified atom stereocenters. The zero-order valence-electron chi connectivity index (χ0n) is 24.3. The molecule has 0 fully saturated rings. The summed E-state index contributed by atoms with van der Waals surface area (Å²) in [5.74, 6) is 1.82. The lowest BCUT2D eigenvalue weighted by atomic mass is 9.87. The molecule has 10 rings (SSSR count). The van der Waals surface area contributed by atoms with Gasteiger partial charge in [-0.15, -0.1) is 0 Å². The number of furan rings is 1. The fourth-order valence-electron chi connectivity index (χ4n) is 7.32. The monoisotopic (exact) mass is 578 g/mol. The first-order chi connectivity index (χ1) is 22.3. The number of rotatable bonds is 3. The summed E-state index contributed by atoms with van der Waals surface area (Å²) in [7, 11) is 0. The molecule has 1 aliphatic carbocycles. The Labute approximate surface area is 258 Å². The summed E-state index contributed by atoms with van der Waals surface area (Å²) in [5.41, 5.74) is 9.38. The van der Waals surface area contributed by atoms with Crippen molar-refractivity contribution >= 4 is 60.7 Å². The first kappa shape index (κ1) is 24.6. The number of oxazole rings is 1. The van der Waals surface area contributed by atoms with Gasteiger partial charge in [-0.25, -0.2) is 4.98 Å². The number of hydrogen-bond donors (Lipinski definition) is 0. The van der Waals surface area contributed by atoms with E-state index in [2.05, 4.69) is 132 Å². The zero-order valence-corrected chi connectivity index (χ0v) is 24.3. The van der Waals surface area contributed by atoms with Crippen molar-refractivity contribution in [3.05, 3.63) is 150 Å². The van der Waals surface area contributed by atoms with Gasteiger partial charge in [0, 0.05) is 33.5 Å². The van der Waals surface area contributed by atoms with Crippen molar-refractivity contribution < 1.29 is 8.83 Å². The second-order valence-electron chi connectivity index (χ2n) is 11.9. The Bertz CT molecular complexity index is 2620. The normalized spacial score (nSPS) is 14.7. The molecular formula is C41H26N2O2. The van der Waals surface area contributed by atoms with Gasteiger partial charge in [0.25, 0.3) is 0 Å². The summed E-state index contributed by atoms with van der Waals surface area (Å²) in [6.45, 7) is 0. The van der Waals surface area contributed by atoms with Gasteiger partial charge in [0.15, 0.2) is 5.58 Å². The van der Waals surface area contributed by atoms with E-state index in [1.165, 1.54) is 38.2 Å². The molecule has 0 bridgehead atoms. The maximum absolute atomic E-state index is 6.50. The van der Waals surface area contributed by atoms with Crippen LogP contribution in [0.2, 0.25) is 0 Å². The highest BCUT2D eigenvalue weighted by atomic mass is 16.4. The van der Waals surface area contributed by atoms with Crippen LogP contribution in [0.4, 0.5) is 0 Å². The molecule has 1 aliphatic rings. The highest BCUT2D eigenvalue weighted by molar-refractivity contribution is 6.21. The van der Waals surface area contributed by atoms with Gasteiger partial charge in [0.05, 0.1) is 16.4 Å². The minimum atomic E-state index is 0.292. The Morgan fingerprint density at radius 2 is 1.42 bits per heavy atom. The minimum Gasteiger partial charge on any atom is -0.456 e. The van der Waals surface area contributed by atoms with Crippen molar-refractivity contribution in [1.82, 2.24) is 9.55 Å². The molecule has 0 N–H and O–H groups in total. The molecule has 1 atom stereocenters. The second-order valence-corrected chi connectivity index (χ2v) is 11.9. The topological polar surface area (TPSA) is 44.1 Å². The molecule has 45 heavy (non-hydrogen) atoms. The van der Waals surface area contributed by atoms with Gasteiger partial charge in [-0.2, -0.15) is 0 Å². The van der Waals surface area contributed by atoms with E-state index in [4.69, 9.17) is 13.8 Å². The summed E-state index contributed by atoms with van der Waals surface area (Å²) >= 11 is 0. The van der Waals surface area contributed by atoms with E-state index in [1.54, 1.807) is 0 Å². The molecule has 6 aromatic carbocycles. The van der Waals surface area contributed by atoms with Crippen LogP contribution in [-0.4, -0.2) is 9.55 Å². The molecule has 0 amide bonds. The number of hydrogen-bond acceptors (Lipinski definition) is 3. The maximum atomic E-state index is 6.50. The molecule has 212 valence electrons. The van der Waals surface area contributed by atoms with E-state index in [1.807, 2.05) is 12.1 Å². The van der Waals surface area contributed by atoms with Crippen molar-refractivity contribution in [1.29, 1.82) is 0 Å². The lowest BCUT2D eigenvalue weighted by Crippen LogP contribution is -2.04. The van der Waals surface area contributed by atoms with E-state index >= 15 is 0 Å². The molecule has 0 saturated heterocycles. The third-order valence-corrected chi connectivity index (χ3v) is 9.39. The first-order valence-electron chi connectivity index (χ1n) is 15.4. The average molecular weight is 579 g/mol. The highest BCUT2D eigenvalue weighted by Crippen LogP contribution is 2.42. The quantitative estimate of drug-likeness (QED) is 0.209. The van der Waals surface area contributed by atoms with Crippen LogP contribution in [0.1, 0.15) is 22.8 Å². The van der Waals surface area contributed by atoms with Crippen molar-refractivity contribution in [2.75, 3.05) is 0 Å². The number of benzene rings is 6. The smallest absolute Gasteiger partial charge is 0.227 e. The van der Waals surface area contributed by atoms with Crippen molar-refractivity contribution in [2.24, 2.45) is 0 Å². The van der Waals surface area contributed by atoms with Crippen LogP contribution in [0.5, 0.6) is 0 Å². The van der Waals surface area contributed by atoms with Crippen molar-refractivity contribution in [3.63, 3.8) is 0 Å². The van der Waals surface area contributed by atoms with E-state index in [0.29, 0.717) is 11.8 Å². The van der Waals surface area contributed by atoms with E-state index < -0.39 is 0 Å². The van der Waals surface area contributed by atoms with Gasteiger partial charge in [-0.1, -0.05) is 84.9 Å². The Morgan fingerprint density at radius 3 is 2.31 bits per heavy atom. The summed E-state index contributed by atoms with van der Waals surface area (Å²) in [6, 6.07) is 44.9. The predicted octanol–water partition coefficient (Wildman–Crippen LogP) is 10.8. The molecule has 4 heteroatoms. The third-order valence-electron chi connectivity index (χ3n) is 9.39. The minimum absolute atomic E-state index is 0.292. The molecule has 3 aromatic heterocycles. The molecule has 4 nitrogen and oxygen atoms in total. The summed E-state index contributed by atoms with van der Waals surface area (Å²) in [5, 5.41) is 5.91. The van der Waals surface area contributed by atoms with Crippen LogP contribution in [0, 0.1) is 0 Å². The summed E-state index contributed by atoms with van der Waals surface area (Å²) < 4.78 is 15.2. The number of allylic oxidation sites excluding steroid dienone is 1. The molecular weight excluding hydrogens is 552 g/mol. The summed E-state index contributed by atoms with van der Waals surface area (Å²) in [6.07, 6.45) is 5.22. The predicted molar refractivity (Wildman–Crippen MR) is 183 cm³/mol. The van der Waals surface area contributed by atoms with Gasteiger partial charge in [0.2, 0.25) is 5.89 Å². The van der Waals surface area contributed by atoms with Crippen LogP contribution in [0.25, 0.3) is 77.9 Å². The lowest BCUT2D eigenvalue weighted by molar-refractivity contribution is 0.591. The van der Waals surface area contributed by atoms with E-state index in [0.717, 1.165) is 51.0 Å². The van der Waals surface area contributed by atoms with Gasteiger partial charge < -0.3 is 13.4 Å². The molecule has 9 aromatic rings. The molecule has 0 radical (unpaired) electrons. The SMILES string of the molecule is C1=CC(c2ccccc2)Cc2c1oc1ccc3oc(-c4ccc5c(c4)c4c6ccccc6ccc4n5-c4ccccc4)nc3c21. The number of nitrogens with zero attached hydrogens (tertiary/aromatic N) is 2. The van der Waals surface area contributed by atoms with Gasteiger partial charge in [-0.05, 0) is 77.4 Å². The summed E-state index contributed by atoms with van der Waals surface area (Å²) in [4.78, 5) is 5.15. The lowest BCUT2D eigenvalue weighted by Gasteiger charge is -2.16. The maximum Gasteiger partial charge on any atom is 0.227 e. The van der Waals surface area contributed by atoms with Crippen LogP contribution in [0.3, 0.4) is 0 Å². The number of fused-ring (bicyclic) bond motifs is 10. The van der Waals surface area contributed by atoms with Crippen LogP contribution in [-0.2, 0) is 6.42 Å². The van der Waals surface area contributed by atoms with Gasteiger partial charge in [0.1, 0.15) is 16.9 Å². The van der Waals surface area contributed by atoms with Crippen LogP contribution >= 0.6 is 0 Å². The van der Waals surface area contributed by atoms with E-state index in [9.17, 15) is 0 Å². The molecule has 0 aliphatic heterocycles. The van der Waals surface area contributed by atoms with Crippen LogP contribution < -0.4 is 0 Å². The van der Waals surface area contributed by atoms with E-state index in [-0.39, 0.29) is 0 Å². The second kappa shape index (κ2) is 9.31. The van der Waals surface area contributed by atoms with Crippen molar-refractivity contribution in [3.8, 4) is 17.1 Å². The van der Waals surface area contributed by atoms with Crippen molar-refractivity contribution in [2.45, 2.75) is 12.3 Å². The number of aromatic nitrogens is 2. The van der Waals surface area contributed by atoms with Gasteiger partial charge >= 0.3 is 0 Å². The largest absolute Gasteiger partial charge is 0.456 e. The Hall–Kier alpha value is -5.87. The molecule has 0 spiro atoms.